The number of carbonyl (C=O) groups is 2. The largest absolute Gasteiger partial charge is 0.455 e. The van der Waals surface area contributed by atoms with Crippen molar-refractivity contribution in [3.05, 3.63) is 36.4 Å². The summed E-state index contributed by atoms with van der Waals surface area (Å²) in [6.45, 7) is 3.83. The molecule has 1 aromatic carbocycles. The highest BCUT2D eigenvalue weighted by Crippen LogP contribution is 2.19. The fourth-order valence-electron chi connectivity index (χ4n) is 1.93. The van der Waals surface area contributed by atoms with Gasteiger partial charge in [0.15, 0.2) is 0 Å². The summed E-state index contributed by atoms with van der Waals surface area (Å²) in [6, 6.07) is 10.2. The van der Waals surface area contributed by atoms with Gasteiger partial charge < -0.3 is 43.0 Å². The Kier molecular flexibility index (Phi) is 10.3. The van der Waals surface area contributed by atoms with E-state index in [0.29, 0.717) is 29.5 Å². The molecule has 0 fully saturated rings. The normalized spacial score (nSPS) is 9.87. The molecule has 30 heavy (non-hydrogen) atoms. The van der Waals surface area contributed by atoms with Crippen LogP contribution in [-0.2, 0) is 9.53 Å². The van der Waals surface area contributed by atoms with E-state index >= 15 is 0 Å². The van der Waals surface area contributed by atoms with Gasteiger partial charge in [-0.3, -0.25) is 4.79 Å². The van der Waals surface area contributed by atoms with E-state index in [4.69, 9.17) is 32.4 Å². The van der Waals surface area contributed by atoms with Crippen LogP contribution in [0, 0.1) is 0 Å². The minimum atomic E-state index is -0.510. The Labute approximate surface area is 175 Å². The van der Waals surface area contributed by atoms with E-state index in [9.17, 15) is 9.59 Å². The molecule has 0 aliphatic carbocycles. The van der Waals surface area contributed by atoms with E-state index in [0.717, 1.165) is 0 Å². The van der Waals surface area contributed by atoms with Crippen LogP contribution in [0.5, 0.6) is 5.75 Å². The van der Waals surface area contributed by atoms with Crippen molar-refractivity contribution in [3.8, 4) is 5.75 Å². The fourth-order valence-corrected chi connectivity index (χ4v) is 1.93. The van der Waals surface area contributed by atoms with Crippen LogP contribution in [0.2, 0.25) is 0 Å². The second-order valence-electron chi connectivity index (χ2n) is 6.29. The van der Waals surface area contributed by atoms with Gasteiger partial charge in [0.05, 0.1) is 11.4 Å². The topological polar surface area (TPSA) is 194 Å². The summed E-state index contributed by atoms with van der Waals surface area (Å²) >= 11 is 0. The van der Waals surface area contributed by atoms with E-state index in [-0.39, 0.29) is 31.0 Å². The number of nitrogen functional groups attached to an aromatic ring is 3. The zero-order valence-electron chi connectivity index (χ0n) is 17.1. The number of para-hydroxylation sites is 2. The van der Waals surface area contributed by atoms with E-state index in [1.54, 1.807) is 36.4 Å². The highest BCUT2D eigenvalue weighted by molar-refractivity contribution is 5.90. The average Bonchev–Trinajstić information content (AvgIpc) is 2.66. The molecule has 0 unspecified atom stereocenters. The van der Waals surface area contributed by atoms with Gasteiger partial charge in [-0.15, -0.1) is 0 Å². The maximum atomic E-state index is 11.1. The fraction of sp³-hybridized carbons (Fsp3) is 0.316. The van der Waals surface area contributed by atoms with Gasteiger partial charge in [-0.2, -0.15) is 0 Å². The second-order valence-corrected chi connectivity index (χ2v) is 6.29. The minimum absolute atomic E-state index is 0.0364. The standard InChI is InChI=1S/C11H16N2O3.C8H13N5O/c1-8(2)13-11(14)16-7-15-10-6-4-3-5-9(10)12;9-4-3-7(14)12-6-2-1-5(10)8(11)13-6/h3-6,8H,7,12H2,1-2H3,(H,13,14);1-2H,3-4,9-10H2,(H3,11,12,13,14). The number of anilines is 4. The summed E-state index contributed by atoms with van der Waals surface area (Å²) in [5.74, 6) is 0.898. The molecule has 0 spiro atoms. The number of carbonyl (C=O) groups excluding carboxylic acids is 2. The number of rotatable bonds is 7. The molecule has 11 nitrogen and oxygen atoms in total. The van der Waals surface area contributed by atoms with Gasteiger partial charge in [-0.1, -0.05) is 12.1 Å². The first-order valence-electron chi connectivity index (χ1n) is 9.15. The predicted molar refractivity (Wildman–Crippen MR) is 116 cm³/mol. The first-order chi connectivity index (χ1) is 14.2. The molecule has 10 N–H and O–H groups in total. The molecular formula is C19H29N7O4. The molecule has 1 aromatic heterocycles. The summed E-state index contributed by atoms with van der Waals surface area (Å²) in [6.07, 6.45) is -0.254. The number of hydrogen-bond donors (Lipinski definition) is 6. The number of benzene rings is 1. The van der Waals surface area contributed by atoms with Crippen molar-refractivity contribution in [2.75, 3.05) is 35.9 Å². The van der Waals surface area contributed by atoms with Crippen molar-refractivity contribution in [3.63, 3.8) is 0 Å². The van der Waals surface area contributed by atoms with Gasteiger partial charge in [-0.25, -0.2) is 9.78 Å². The number of pyridine rings is 1. The molecule has 0 saturated carbocycles. The third kappa shape index (κ3) is 9.46. The lowest BCUT2D eigenvalue weighted by molar-refractivity contribution is -0.116. The second kappa shape index (κ2) is 12.7. The first kappa shape index (κ1) is 24.3. The van der Waals surface area contributed by atoms with E-state index in [1.165, 1.54) is 0 Å². The maximum Gasteiger partial charge on any atom is 0.410 e. The van der Waals surface area contributed by atoms with Crippen molar-refractivity contribution >= 4 is 35.0 Å². The van der Waals surface area contributed by atoms with Crippen LogP contribution in [0.4, 0.5) is 27.8 Å². The molecule has 0 saturated heterocycles. The lowest BCUT2D eigenvalue weighted by Crippen LogP contribution is -2.31. The molecule has 0 radical (unpaired) electrons. The molecule has 1 heterocycles. The van der Waals surface area contributed by atoms with Crippen LogP contribution in [-0.4, -0.2) is 36.4 Å². The number of alkyl carbamates (subject to hydrolysis) is 1. The highest BCUT2D eigenvalue weighted by Gasteiger charge is 2.05. The van der Waals surface area contributed by atoms with Crippen molar-refractivity contribution < 1.29 is 19.1 Å². The third-order valence-electron chi connectivity index (χ3n) is 3.33. The zero-order chi connectivity index (χ0) is 22.5. The van der Waals surface area contributed by atoms with Gasteiger partial charge in [-0.05, 0) is 38.1 Å². The SMILES string of the molecule is CC(C)NC(=O)OCOc1ccccc1N.NCCC(=O)Nc1ccc(N)c(N)n1. The molecule has 2 amide bonds. The Hall–Kier alpha value is -3.73. The number of hydrogen-bond acceptors (Lipinski definition) is 9. The molecule has 0 aliphatic rings. The molecule has 0 aliphatic heterocycles. The lowest BCUT2D eigenvalue weighted by atomic mass is 10.3. The zero-order valence-corrected chi connectivity index (χ0v) is 17.1. The quantitative estimate of drug-likeness (QED) is 0.283. The number of aromatic nitrogens is 1. The summed E-state index contributed by atoms with van der Waals surface area (Å²) in [5.41, 5.74) is 22.7. The minimum Gasteiger partial charge on any atom is -0.455 e. The maximum absolute atomic E-state index is 11.1. The van der Waals surface area contributed by atoms with Crippen LogP contribution in [0.15, 0.2) is 36.4 Å². The van der Waals surface area contributed by atoms with Gasteiger partial charge >= 0.3 is 6.09 Å². The Morgan fingerprint density at radius 2 is 1.77 bits per heavy atom. The van der Waals surface area contributed by atoms with E-state index in [2.05, 4.69) is 15.6 Å². The van der Waals surface area contributed by atoms with Crippen LogP contribution in [0.25, 0.3) is 0 Å². The van der Waals surface area contributed by atoms with Gasteiger partial charge in [0.25, 0.3) is 0 Å². The highest BCUT2D eigenvalue weighted by atomic mass is 16.7. The van der Waals surface area contributed by atoms with Crippen molar-refractivity contribution in [2.24, 2.45) is 5.73 Å². The van der Waals surface area contributed by atoms with Crippen LogP contribution >= 0.6 is 0 Å². The molecule has 0 atom stereocenters. The van der Waals surface area contributed by atoms with E-state index < -0.39 is 6.09 Å². The summed E-state index contributed by atoms with van der Waals surface area (Å²) in [7, 11) is 0. The van der Waals surface area contributed by atoms with Gasteiger partial charge in [0.2, 0.25) is 12.7 Å². The number of amides is 2. The third-order valence-corrected chi connectivity index (χ3v) is 3.33. The van der Waals surface area contributed by atoms with Crippen molar-refractivity contribution in [2.45, 2.75) is 26.3 Å². The predicted octanol–water partition coefficient (Wildman–Crippen LogP) is 1.27. The van der Waals surface area contributed by atoms with E-state index in [1.807, 2.05) is 13.8 Å². The number of ether oxygens (including phenoxy) is 2. The Balaban J connectivity index is 0.000000303. The van der Waals surface area contributed by atoms with Gasteiger partial charge in [0.1, 0.15) is 17.4 Å². The summed E-state index contributed by atoms with van der Waals surface area (Å²) in [5, 5.41) is 5.12. The van der Waals surface area contributed by atoms with Crippen LogP contribution in [0.1, 0.15) is 20.3 Å². The Morgan fingerprint density at radius 1 is 1.07 bits per heavy atom. The average molecular weight is 419 g/mol. The van der Waals surface area contributed by atoms with Crippen LogP contribution in [0.3, 0.4) is 0 Å². The summed E-state index contributed by atoms with van der Waals surface area (Å²) in [4.78, 5) is 26.1. The first-order valence-corrected chi connectivity index (χ1v) is 9.15. The smallest absolute Gasteiger partial charge is 0.410 e. The van der Waals surface area contributed by atoms with Gasteiger partial charge in [0, 0.05) is 19.0 Å². The van der Waals surface area contributed by atoms with Crippen molar-refractivity contribution in [1.82, 2.24) is 10.3 Å². The number of nitrogens with zero attached hydrogens (tertiary/aromatic N) is 1. The molecule has 0 bridgehead atoms. The number of nitrogens with one attached hydrogen (secondary N) is 2. The van der Waals surface area contributed by atoms with Crippen LogP contribution < -0.4 is 38.3 Å². The molecule has 164 valence electrons. The Morgan fingerprint density at radius 3 is 2.37 bits per heavy atom. The van der Waals surface area contributed by atoms with Crippen molar-refractivity contribution in [1.29, 1.82) is 0 Å². The molecule has 11 heteroatoms. The lowest BCUT2D eigenvalue weighted by Gasteiger charge is -2.11. The number of nitrogens with two attached hydrogens (primary N) is 4. The summed E-state index contributed by atoms with van der Waals surface area (Å²) < 4.78 is 9.96. The Bertz CT molecular complexity index is 830. The monoisotopic (exact) mass is 419 g/mol. The molecular weight excluding hydrogens is 390 g/mol. The molecule has 2 rings (SSSR count). The molecule has 2 aromatic rings.